The first-order valence-electron chi connectivity index (χ1n) is 7.53. The van der Waals surface area contributed by atoms with Crippen molar-refractivity contribution in [3.8, 4) is 5.75 Å². The van der Waals surface area contributed by atoms with Gasteiger partial charge in [0.25, 0.3) is 5.91 Å². The van der Waals surface area contributed by atoms with Crippen LogP contribution in [0.25, 0.3) is 0 Å². The molecule has 5 nitrogen and oxygen atoms in total. The van der Waals surface area contributed by atoms with E-state index in [0.717, 1.165) is 0 Å². The molecular formula is C17H17F3N2O3S. The third kappa shape index (κ3) is 5.76. The zero-order valence-corrected chi connectivity index (χ0v) is 14.9. The van der Waals surface area contributed by atoms with Gasteiger partial charge in [-0.2, -0.15) is 0 Å². The lowest BCUT2D eigenvalue weighted by Gasteiger charge is -2.22. The van der Waals surface area contributed by atoms with Crippen LogP contribution in [0.2, 0.25) is 0 Å². The molecule has 140 valence electrons. The quantitative estimate of drug-likeness (QED) is 0.765. The standard InChI is InChI=1S/C17H17F3N2O3S/c1-21(10-12-5-7-13(8-6-12)25-17(18,19)20)15(23)11-22(2)16(24)14-4-3-9-26-14/h3-9H,10-11H2,1-2H3. The van der Waals surface area contributed by atoms with E-state index in [0.29, 0.717) is 10.4 Å². The molecule has 0 atom stereocenters. The number of alkyl halides is 3. The van der Waals surface area contributed by atoms with Gasteiger partial charge in [-0.15, -0.1) is 24.5 Å². The van der Waals surface area contributed by atoms with E-state index in [9.17, 15) is 22.8 Å². The van der Waals surface area contributed by atoms with E-state index < -0.39 is 6.36 Å². The van der Waals surface area contributed by atoms with Crippen LogP contribution in [0.4, 0.5) is 13.2 Å². The maximum Gasteiger partial charge on any atom is 0.573 e. The second-order valence-electron chi connectivity index (χ2n) is 5.58. The Bertz CT molecular complexity index is 746. The molecular weight excluding hydrogens is 369 g/mol. The van der Waals surface area contributed by atoms with Gasteiger partial charge in [0.1, 0.15) is 5.75 Å². The lowest BCUT2D eigenvalue weighted by Crippen LogP contribution is -2.38. The third-order valence-corrected chi connectivity index (χ3v) is 4.31. The minimum Gasteiger partial charge on any atom is -0.406 e. The summed E-state index contributed by atoms with van der Waals surface area (Å²) < 4.78 is 40.2. The molecule has 1 heterocycles. The van der Waals surface area contributed by atoms with Crippen molar-refractivity contribution in [3.05, 3.63) is 52.2 Å². The second kappa shape index (κ2) is 8.22. The molecule has 0 N–H and O–H groups in total. The van der Waals surface area contributed by atoms with Crippen LogP contribution < -0.4 is 4.74 Å². The Morgan fingerprint density at radius 3 is 2.27 bits per heavy atom. The van der Waals surface area contributed by atoms with Crippen LogP contribution in [0, 0.1) is 0 Å². The monoisotopic (exact) mass is 386 g/mol. The van der Waals surface area contributed by atoms with Crippen molar-refractivity contribution in [2.75, 3.05) is 20.6 Å². The van der Waals surface area contributed by atoms with Crippen LogP contribution in [0.1, 0.15) is 15.2 Å². The Balaban J connectivity index is 1.89. The lowest BCUT2D eigenvalue weighted by molar-refractivity contribution is -0.274. The van der Waals surface area contributed by atoms with Gasteiger partial charge in [0, 0.05) is 20.6 Å². The van der Waals surface area contributed by atoms with Crippen LogP contribution in [0.15, 0.2) is 41.8 Å². The highest BCUT2D eigenvalue weighted by molar-refractivity contribution is 7.12. The number of ether oxygens (including phenoxy) is 1. The summed E-state index contributed by atoms with van der Waals surface area (Å²) in [5, 5.41) is 1.78. The van der Waals surface area contributed by atoms with Gasteiger partial charge in [0.15, 0.2) is 0 Å². The Hall–Kier alpha value is -2.55. The predicted molar refractivity (Wildman–Crippen MR) is 90.9 cm³/mol. The van der Waals surface area contributed by atoms with Crippen molar-refractivity contribution in [3.63, 3.8) is 0 Å². The van der Waals surface area contributed by atoms with Gasteiger partial charge in [-0.25, -0.2) is 0 Å². The number of likely N-dealkylation sites (N-methyl/N-ethyl adjacent to an activating group) is 2. The predicted octanol–water partition coefficient (Wildman–Crippen LogP) is 3.38. The van der Waals surface area contributed by atoms with Gasteiger partial charge in [0.05, 0.1) is 11.4 Å². The summed E-state index contributed by atoms with van der Waals surface area (Å²) in [5.41, 5.74) is 0.641. The van der Waals surface area contributed by atoms with E-state index in [1.165, 1.54) is 52.4 Å². The number of nitrogens with zero attached hydrogens (tertiary/aromatic N) is 2. The first-order chi connectivity index (χ1) is 12.2. The summed E-state index contributed by atoms with van der Waals surface area (Å²) in [7, 11) is 3.10. The van der Waals surface area contributed by atoms with E-state index in [4.69, 9.17) is 0 Å². The topological polar surface area (TPSA) is 49.9 Å². The van der Waals surface area contributed by atoms with Crippen LogP contribution in [0.5, 0.6) is 5.75 Å². The molecule has 2 rings (SSSR count). The average Bonchev–Trinajstić information content (AvgIpc) is 3.08. The fourth-order valence-corrected chi connectivity index (χ4v) is 2.86. The van der Waals surface area contributed by atoms with Gasteiger partial charge in [0.2, 0.25) is 5.91 Å². The summed E-state index contributed by atoms with van der Waals surface area (Å²) in [4.78, 5) is 27.7. The summed E-state index contributed by atoms with van der Waals surface area (Å²) in [5.74, 6) is -0.847. The molecule has 2 amide bonds. The van der Waals surface area contributed by atoms with Gasteiger partial charge < -0.3 is 14.5 Å². The Labute approximate surface area is 152 Å². The first-order valence-corrected chi connectivity index (χ1v) is 8.41. The molecule has 0 spiro atoms. The normalized spacial score (nSPS) is 11.1. The van der Waals surface area contributed by atoms with E-state index >= 15 is 0 Å². The summed E-state index contributed by atoms with van der Waals surface area (Å²) in [6, 6.07) is 8.71. The molecule has 0 saturated heterocycles. The molecule has 2 aromatic rings. The maximum absolute atomic E-state index is 12.2. The number of carbonyl (C=O) groups is 2. The first kappa shape index (κ1) is 19.8. The van der Waals surface area contributed by atoms with Crippen LogP contribution in [0.3, 0.4) is 0 Å². The lowest BCUT2D eigenvalue weighted by atomic mass is 10.2. The average molecular weight is 386 g/mol. The van der Waals surface area contributed by atoms with Gasteiger partial charge >= 0.3 is 6.36 Å². The van der Waals surface area contributed by atoms with E-state index in [-0.39, 0.29) is 30.7 Å². The second-order valence-corrected chi connectivity index (χ2v) is 6.53. The molecule has 0 aliphatic carbocycles. The van der Waals surface area contributed by atoms with Crippen molar-refractivity contribution >= 4 is 23.2 Å². The Morgan fingerprint density at radius 1 is 1.08 bits per heavy atom. The molecule has 1 aromatic heterocycles. The third-order valence-electron chi connectivity index (χ3n) is 3.45. The van der Waals surface area contributed by atoms with Gasteiger partial charge in [-0.05, 0) is 29.1 Å². The number of amides is 2. The smallest absolute Gasteiger partial charge is 0.406 e. The molecule has 0 radical (unpaired) electrons. The number of hydrogen-bond acceptors (Lipinski definition) is 4. The Morgan fingerprint density at radius 2 is 1.73 bits per heavy atom. The highest BCUT2D eigenvalue weighted by atomic mass is 32.1. The maximum atomic E-state index is 12.2. The fourth-order valence-electron chi connectivity index (χ4n) is 2.14. The summed E-state index contributed by atoms with van der Waals surface area (Å²) in [6.07, 6.45) is -4.74. The molecule has 1 aromatic carbocycles. The minimum absolute atomic E-state index is 0.0947. The Kier molecular flexibility index (Phi) is 6.25. The molecule has 26 heavy (non-hydrogen) atoms. The molecule has 0 bridgehead atoms. The molecule has 0 unspecified atom stereocenters. The minimum atomic E-state index is -4.74. The highest BCUT2D eigenvalue weighted by Gasteiger charge is 2.31. The molecule has 0 fully saturated rings. The van der Waals surface area contributed by atoms with Crippen LogP contribution in [-0.4, -0.2) is 48.6 Å². The van der Waals surface area contributed by atoms with Crippen molar-refractivity contribution in [1.29, 1.82) is 0 Å². The highest BCUT2D eigenvalue weighted by Crippen LogP contribution is 2.23. The number of rotatable bonds is 6. The van der Waals surface area contributed by atoms with E-state index in [2.05, 4.69) is 4.74 Å². The van der Waals surface area contributed by atoms with Crippen LogP contribution >= 0.6 is 11.3 Å². The number of thiophene rings is 1. The van der Waals surface area contributed by atoms with Crippen molar-refractivity contribution in [2.24, 2.45) is 0 Å². The number of hydrogen-bond donors (Lipinski definition) is 0. The molecule has 0 aliphatic heterocycles. The van der Waals surface area contributed by atoms with Gasteiger partial charge in [-0.3, -0.25) is 9.59 Å². The van der Waals surface area contributed by atoms with Crippen LogP contribution in [-0.2, 0) is 11.3 Å². The number of carbonyl (C=O) groups excluding carboxylic acids is 2. The zero-order valence-electron chi connectivity index (χ0n) is 14.1. The number of benzene rings is 1. The number of halogens is 3. The van der Waals surface area contributed by atoms with Crippen molar-refractivity contribution in [2.45, 2.75) is 12.9 Å². The van der Waals surface area contributed by atoms with Crippen molar-refractivity contribution in [1.82, 2.24) is 9.80 Å². The molecule has 9 heteroatoms. The fraction of sp³-hybridized carbons (Fsp3) is 0.294. The van der Waals surface area contributed by atoms with Gasteiger partial charge in [-0.1, -0.05) is 18.2 Å². The zero-order chi connectivity index (χ0) is 19.3. The SMILES string of the molecule is CN(Cc1ccc(OC(F)(F)F)cc1)C(=O)CN(C)C(=O)c1cccs1. The van der Waals surface area contributed by atoms with E-state index in [1.807, 2.05) is 0 Å². The van der Waals surface area contributed by atoms with E-state index in [1.54, 1.807) is 24.6 Å². The summed E-state index contributed by atoms with van der Waals surface area (Å²) in [6.45, 7) is 0.106. The largest absolute Gasteiger partial charge is 0.573 e. The van der Waals surface area contributed by atoms with Crippen molar-refractivity contribution < 1.29 is 27.5 Å². The summed E-state index contributed by atoms with van der Waals surface area (Å²) >= 11 is 1.29. The molecule has 0 saturated carbocycles. The molecule has 0 aliphatic rings.